The first kappa shape index (κ1) is 18.6. The molecule has 0 aromatic heterocycles. The summed E-state index contributed by atoms with van der Waals surface area (Å²) in [4.78, 5) is 23.3. The van der Waals surface area contributed by atoms with Gasteiger partial charge in [-0.3, -0.25) is 4.99 Å². The lowest BCUT2D eigenvalue weighted by Gasteiger charge is -2.26. The average molecular weight is 348 g/mol. The molecule has 1 heterocycles. The van der Waals surface area contributed by atoms with E-state index in [9.17, 15) is 14.0 Å². The van der Waals surface area contributed by atoms with Gasteiger partial charge in [-0.1, -0.05) is 6.07 Å². The number of aryl methyl sites for hydroxylation is 1. The lowest BCUT2D eigenvalue weighted by molar-refractivity contribution is -0.134. The molecule has 3 N–H and O–H groups in total. The molecule has 1 aromatic carbocycles. The molecule has 0 amide bonds. The van der Waals surface area contributed by atoms with Crippen LogP contribution >= 0.6 is 0 Å². The molecule has 6 nitrogen and oxygen atoms in total. The molecule has 0 saturated carbocycles. The maximum atomic E-state index is 13.2. The van der Waals surface area contributed by atoms with E-state index in [1.54, 1.807) is 18.5 Å². The van der Waals surface area contributed by atoms with Gasteiger partial charge in [0.25, 0.3) is 0 Å². The molecule has 2 unspecified atom stereocenters. The predicted molar refractivity (Wildman–Crippen MR) is 91.2 cm³/mol. The van der Waals surface area contributed by atoms with Gasteiger partial charge in [-0.2, -0.15) is 0 Å². The molecule has 7 heteroatoms. The van der Waals surface area contributed by atoms with E-state index >= 15 is 0 Å². The van der Waals surface area contributed by atoms with Gasteiger partial charge in [0.1, 0.15) is 5.82 Å². The van der Waals surface area contributed by atoms with Gasteiger partial charge in [0.2, 0.25) is 0 Å². The van der Waals surface area contributed by atoms with Crippen molar-refractivity contribution in [3.05, 3.63) is 47.3 Å². The molecule has 134 valence electrons. The van der Waals surface area contributed by atoms with Crippen LogP contribution in [0.15, 0.2) is 35.3 Å². The van der Waals surface area contributed by atoms with E-state index in [-0.39, 0.29) is 5.82 Å². The van der Waals surface area contributed by atoms with E-state index in [4.69, 9.17) is 10.2 Å². The first-order valence-electron chi connectivity index (χ1n) is 8.09. The van der Waals surface area contributed by atoms with Crippen LogP contribution in [0.4, 0.5) is 4.39 Å². The highest BCUT2D eigenvalue weighted by Gasteiger charge is 2.23. The van der Waals surface area contributed by atoms with E-state index < -0.39 is 11.9 Å². The summed E-state index contributed by atoms with van der Waals surface area (Å²) in [6.07, 6.45) is 7.40. The number of carboxylic acid groups (broad SMARTS) is 2. The van der Waals surface area contributed by atoms with Crippen molar-refractivity contribution in [2.75, 3.05) is 6.54 Å². The number of carbonyl (C=O) groups is 2. The summed E-state index contributed by atoms with van der Waals surface area (Å²) in [7, 11) is 0. The third-order valence-corrected chi connectivity index (χ3v) is 4.21. The molecule has 2 aliphatic rings. The number of nitrogens with one attached hydrogen (secondary N) is 1. The third kappa shape index (κ3) is 6.37. The zero-order valence-corrected chi connectivity index (χ0v) is 13.7. The molecular formula is C18H21FN2O4. The second-order valence-electron chi connectivity index (χ2n) is 6.13. The molecule has 0 radical (unpaired) electrons. The second-order valence-corrected chi connectivity index (χ2v) is 6.13. The van der Waals surface area contributed by atoms with Gasteiger partial charge in [0, 0.05) is 18.2 Å². The molecule has 1 aliphatic carbocycles. The van der Waals surface area contributed by atoms with Crippen LogP contribution in [-0.2, 0) is 22.4 Å². The molecular weight excluding hydrogens is 327 g/mol. The van der Waals surface area contributed by atoms with Crippen LogP contribution in [0.5, 0.6) is 0 Å². The number of nitrogens with zero attached hydrogens (tertiary/aromatic N) is 1. The highest BCUT2D eigenvalue weighted by Crippen LogP contribution is 2.29. The van der Waals surface area contributed by atoms with Crippen molar-refractivity contribution >= 4 is 18.3 Å². The molecule has 2 atom stereocenters. The minimum atomic E-state index is -1.26. The number of hydrogen-bond acceptors (Lipinski definition) is 4. The Morgan fingerprint density at radius 3 is 2.56 bits per heavy atom. The van der Waals surface area contributed by atoms with Crippen LogP contribution < -0.4 is 5.32 Å². The summed E-state index contributed by atoms with van der Waals surface area (Å²) < 4.78 is 13.2. The Morgan fingerprint density at radius 2 is 1.96 bits per heavy atom. The van der Waals surface area contributed by atoms with Gasteiger partial charge >= 0.3 is 11.9 Å². The number of fused-ring (bicyclic) bond motifs is 1. The minimum Gasteiger partial charge on any atom is -0.478 e. The molecule has 0 spiro atoms. The van der Waals surface area contributed by atoms with Crippen LogP contribution in [0.25, 0.3) is 0 Å². The summed E-state index contributed by atoms with van der Waals surface area (Å²) in [6.45, 7) is 0.895. The number of hydrogen-bond donors (Lipinski definition) is 3. The van der Waals surface area contributed by atoms with Crippen molar-refractivity contribution in [1.82, 2.24) is 5.32 Å². The van der Waals surface area contributed by atoms with Crippen molar-refractivity contribution in [2.24, 2.45) is 10.9 Å². The van der Waals surface area contributed by atoms with E-state index in [2.05, 4.69) is 10.3 Å². The minimum absolute atomic E-state index is 0.105. The first-order chi connectivity index (χ1) is 11.9. The fourth-order valence-electron chi connectivity index (χ4n) is 3.08. The smallest absolute Gasteiger partial charge is 0.328 e. The summed E-state index contributed by atoms with van der Waals surface area (Å²) in [5.41, 5.74) is 2.54. The monoisotopic (exact) mass is 348 g/mol. The Morgan fingerprint density at radius 1 is 1.24 bits per heavy atom. The number of benzene rings is 1. The highest BCUT2D eigenvalue weighted by molar-refractivity contribution is 5.89. The number of rotatable bonds is 4. The number of aliphatic carboxylic acids is 2. The summed E-state index contributed by atoms with van der Waals surface area (Å²) in [5.74, 6) is -1.95. The van der Waals surface area contributed by atoms with Crippen molar-refractivity contribution in [3.63, 3.8) is 0 Å². The maximum absolute atomic E-state index is 13.2. The van der Waals surface area contributed by atoms with Crippen LogP contribution in [0.2, 0.25) is 0 Å². The fourth-order valence-corrected chi connectivity index (χ4v) is 3.08. The van der Waals surface area contributed by atoms with E-state index in [0.29, 0.717) is 24.1 Å². The molecule has 1 aliphatic heterocycles. The van der Waals surface area contributed by atoms with Crippen LogP contribution in [0, 0.1) is 11.7 Å². The zero-order valence-electron chi connectivity index (χ0n) is 13.7. The van der Waals surface area contributed by atoms with E-state index in [1.165, 1.54) is 17.5 Å². The largest absolute Gasteiger partial charge is 0.478 e. The average Bonchev–Trinajstić information content (AvgIpc) is 3.06. The molecule has 1 aromatic rings. The van der Waals surface area contributed by atoms with Gasteiger partial charge in [-0.25, -0.2) is 14.0 Å². The van der Waals surface area contributed by atoms with Gasteiger partial charge in [0.05, 0.1) is 12.9 Å². The van der Waals surface area contributed by atoms with Crippen LogP contribution in [0.1, 0.15) is 24.0 Å². The number of carboxylic acids is 2. The Labute approximate surface area is 145 Å². The fraction of sp³-hybridized carbons (Fsp3) is 0.389. The molecule has 0 saturated heterocycles. The standard InChI is InChI=1S/C14H17FN2.C4H4O4/c15-13-4-3-11-2-1-10(5-12(11)7-13)6-14-8-16-9-17-14;5-3(6)1-2-4(7)8/h3-4,7,9-10,14H,1-2,5-6,8H2,(H,16,17);1-2H,(H,5,6)(H,7,8). The highest BCUT2D eigenvalue weighted by atomic mass is 19.1. The van der Waals surface area contributed by atoms with Crippen LogP contribution in [0.3, 0.4) is 0 Å². The quantitative estimate of drug-likeness (QED) is 0.723. The van der Waals surface area contributed by atoms with Gasteiger partial charge in [-0.15, -0.1) is 0 Å². The second kappa shape index (κ2) is 8.96. The summed E-state index contributed by atoms with van der Waals surface area (Å²) in [5, 5.41) is 18.9. The van der Waals surface area contributed by atoms with Crippen LogP contribution in [-0.4, -0.2) is 41.1 Å². The lowest BCUT2D eigenvalue weighted by Crippen LogP contribution is -2.29. The Bertz CT molecular complexity index is 664. The Kier molecular flexibility index (Phi) is 6.68. The number of aliphatic imine (C=N–C) groups is 1. The first-order valence-corrected chi connectivity index (χ1v) is 8.09. The van der Waals surface area contributed by atoms with Crippen molar-refractivity contribution in [3.8, 4) is 0 Å². The molecule has 0 bridgehead atoms. The third-order valence-electron chi connectivity index (χ3n) is 4.21. The van der Waals surface area contributed by atoms with Crippen molar-refractivity contribution < 1.29 is 24.2 Å². The predicted octanol–water partition coefficient (Wildman–Crippen LogP) is 2.03. The summed E-state index contributed by atoms with van der Waals surface area (Å²) in [6, 6.07) is 5.72. The van der Waals surface area contributed by atoms with E-state index in [1.807, 2.05) is 6.07 Å². The SMILES string of the molecule is Fc1ccc2c(c1)CC(CC1CN=CN1)CC2.O=C(O)C=CC(=O)O. The maximum Gasteiger partial charge on any atom is 0.328 e. The molecule has 3 rings (SSSR count). The zero-order chi connectivity index (χ0) is 18.2. The number of halogens is 1. The Balaban J connectivity index is 0.000000242. The molecule has 25 heavy (non-hydrogen) atoms. The van der Waals surface area contributed by atoms with Gasteiger partial charge in [0.15, 0.2) is 0 Å². The lowest BCUT2D eigenvalue weighted by atomic mass is 9.81. The van der Waals surface area contributed by atoms with Gasteiger partial charge in [-0.05, 0) is 54.9 Å². The molecule has 0 fully saturated rings. The Hall–Kier alpha value is -2.70. The van der Waals surface area contributed by atoms with Crippen molar-refractivity contribution in [2.45, 2.75) is 31.7 Å². The van der Waals surface area contributed by atoms with Crippen molar-refractivity contribution in [1.29, 1.82) is 0 Å². The topological polar surface area (TPSA) is 99.0 Å². The van der Waals surface area contributed by atoms with E-state index in [0.717, 1.165) is 25.8 Å². The van der Waals surface area contributed by atoms with Gasteiger partial charge < -0.3 is 15.5 Å². The normalized spacial score (nSPS) is 21.2. The summed E-state index contributed by atoms with van der Waals surface area (Å²) >= 11 is 0.